The summed E-state index contributed by atoms with van der Waals surface area (Å²) in [6.45, 7) is 8.23. The minimum atomic E-state index is 0.532. The summed E-state index contributed by atoms with van der Waals surface area (Å²) < 4.78 is 0. The van der Waals surface area contributed by atoms with E-state index < -0.39 is 0 Å². The smallest absolute Gasteiger partial charge is 0.132 e. The molecule has 1 aliphatic heterocycles. The molecule has 1 aromatic rings. The Hall–Kier alpha value is -1.00. The zero-order valence-electron chi connectivity index (χ0n) is 11.5. The first-order valence-corrected chi connectivity index (χ1v) is 6.99. The van der Waals surface area contributed by atoms with Crippen molar-refractivity contribution in [3.05, 3.63) is 23.3 Å². The molecule has 2 N–H and O–H groups in total. The molecule has 0 aromatic carbocycles. The predicted octanol–water partition coefficient (Wildman–Crippen LogP) is 1.49. The SMILES string of the molecule is CCc1cc(C)nc(C2CCN(CCN)CC2)n1. The number of piperidine rings is 1. The summed E-state index contributed by atoms with van der Waals surface area (Å²) >= 11 is 0. The Bertz CT molecular complexity index is 383. The van der Waals surface area contributed by atoms with Gasteiger partial charge in [-0.05, 0) is 45.3 Å². The van der Waals surface area contributed by atoms with Crippen molar-refractivity contribution in [3.8, 4) is 0 Å². The second-order valence-corrected chi connectivity index (χ2v) is 5.12. The van der Waals surface area contributed by atoms with Crippen LogP contribution in [0.15, 0.2) is 6.07 Å². The van der Waals surface area contributed by atoms with Crippen LogP contribution in [-0.4, -0.2) is 41.0 Å². The maximum atomic E-state index is 5.60. The van der Waals surface area contributed by atoms with Gasteiger partial charge in [-0.25, -0.2) is 9.97 Å². The van der Waals surface area contributed by atoms with E-state index in [1.54, 1.807) is 0 Å². The largest absolute Gasteiger partial charge is 0.329 e. The van der Waals surface area contributed by atoms with Gasteiger partial charge in [0.1, 0.15) is 5.82 Å². The molecule has 0 amide bonds. The van der Waals surface area contributed by atoms with Gasteiger partial charge in [-0.2, -0.15) is 0 Å². The van der Waals surface area contributed by atoms with Crippen molar-refractivity contribution in [1.82, 2.24) is 14.9 Å². The summed E-state index contributed by atoms with van der Waals surface area (Å²) in [6, 6.07) is 2.09. The maximum absolute atomic E-state index is 5.60. The fraction of sp³-hybridized carbons (Fsp3) is 0.714. The highest BCUT2D eigenvalue weighted by Gasteiger charge is 2.22. The summed E-state index contributed by atoms with van der Waals surface area (Å²) in [6.07, 6.45) is 3.31. The van der Waals surface area contributed by atoms with Gasteiger partial charge < -0.3 is 10.6 Å². The van der Waals surface area contributed by atoms with Gasteiger partial charge in [-0.15, -0.1) is 0 Å². The highest BCUT2D eigenvalue weighted by Crippen LogP contribution is 2.25. The van der Waals surface area contributed by atoms with Gasteiger partial charge >= 0.3 is 0 Å². The van der Waals surface area contributed by atoms with Crippen molar-refractivity contribution < 1.29 is 0 Å². The lowest BCUT2D eigenvalue weighted by molar-refractivity contribution is 0.214. The minimum Gasteiger partial charge on any atom is -0.329 e. The minimum absolute atomic E-state index is 0.532. The molecule has 0 radical (unpaired) electrons. The molecule has 0 atom stereocenters. The van der Waals surface area contributed by atoms with Crippen molar-refractivity contribution in [2.75, 3.05) is 26.2 Å². The van der Waals surface area contributed by atoms with Gasteiger partial charge in [-0.1, -0.05) is 6.92 Å². The van der Waals surface area contributed by atoms with Gasteiger partial charge in [0.25, 0.3) is 0 Å². The van der Waals surface area contributed by atoms with E-state index in [1.165, 1.54) is 5.69 Å². The van der Waals surface area contributed by atoms with Gasteiger partial charge in [-0.3, -0.25) is 0 Å². The molecule has 0 saturated carbocycles. The number of nitrogens with two attached hydrogens (primary N) is 1. The fourth-order valence-electron chi connectivity index (χ4n) is 2.62. The van der Waals surface area contributed by atoms with Crippen LogP contribution in [-0.2, 0) is 6.42 Å². The number of hydrogen-bond acceptors (Lipinski definition) is 4. The Labute approximate surface area is 110 Å². The standard InChI is InChI=1S/C14H24N4/c1-3-13-10-11(2)16-14(17-13)12-4-7-18(8-5-12)9-6-15/h10,12H,3-9,15H2,1-2H3. The molecular weight excluding hydrogens is 224 g/mol. The number of rotatable bonds is 4. The predicted molar refractivity (Wildman–Crippen MR) is 73.6 cm³/mol. The molecule has 2 rings (SSSR count). The van der Waals surface area contributed by atoms with E-state index in [0.29, 0.717) is 5.92 Å². The number of likely N-dealkylation sites (tertiary alicyclic amines) is 1. The Morgan fingerprint density at radius 2 is 2.06 bits per heavy atom. The van der Waals surface area contributed by atoms with Gasteiger partial charge in [0, 0.05) is 30.4 Å². The van der Waals surface area contributed by atoms with Crippen molar-refractivity contribution in [3.63, 3.8) is 0 Å². The van der Waals surface area contributed by atoms with E-state index in [9.17, 15) is 0 Å². The lowest BCUT2D eigenvalue weighted by Gasteiger charge is -2.31. The second-order valence-electron chi connectivity index (χ2n) is 5.12. The summed E-state index contributed by atoms with van der Waals surface area (Å²) in [5.41, 5.74) is 7.86. The van der Waals surface area contributed by atoms with Gasteiger partial charge in [0.05, 0.1) is 0 Å². The van der Waals surface area contributed by atoms with E-state index in [2.05, 4.69) is 29.8 Å². The van der Waals surface area contributed by atoms with Crippen LogP contribution in [0.2, 0.25) is 0 Å². The molecule has 0 aliphatic carbocycles. The van der Waals surface area contributed by atoms with E-state index >= 15 is 0 Å². The molecule has 18 heavy (non-hydrogen) atoms. The van der Waals surface area contributed by atoms with Crippen LogP contribution in [0.3, 0.4) is 0 Å². The third kappa shape index (κ3) is 3.27. The molecule has 1 aliphatic rings. The van der Waals surface area contributed by atoms with Crippen LogP contribution >= 0.6 is 0 Å². The van der Waals surface area contributed by atoms with Gasteiger partial charge in [0.2, 0.25) is 0 Å². The molecule has 100 valence electrons. The van der Waals surface area contributed by atoms with Gasteiger partial charge in [0.15, 0.2) is 0 Å². The highest BCUT2D eigenvalue weighted by molar-refractivity contribution is 5.12. The molecule has 0 unspecified atom stereocenters. The number of nitrogens with zero attached hydrogens (tertiary/aromatic N) is 3. The summed E-state index contributed by atoms with van der Waals surface area (Å²) in [4.78, 5) is 11.8. The summed E-state index contributed by atoms with van der Waals surface area (Å²) in [5.74, 6) is 1.59. The zero-order valence-corrected chi connectivity index (χ0v) is 11.5. The number of hydrogen-bond donors (Lipinski definition) is 1. The molecule has 4 heteroatoms. The van der Waals surface area contributed by atoms with Crippen LogP contribution < -0.4 is 5.73 Å². The molecule has 4 nitrogen and oxygen atoms in total. The molecule has 0 spiro atoms. The van der Waals surface area contributed by atoms with Crippen molar-refractivity contribution in [1.29, 1.82) is 0 Å². The third-order valence-corrected chi connectivity index (χ3v) is 3.68. The van der Waals surface area contributed by atoms with Crippen molar-refractivity contribution in [2.24, 2.45) is 5.73 Å². The molecule has 1 aromatic heterocycles. The van der Waals surface area contributed by atoms with Crippen molar-refractivity contribution in [2.45, 2.75) is 39.0 Å². The fourth-order valence-corrected chi connectivity index (χ4v) is 2.62. The first-order chi connectivity index (χ1) is 8.72. The van der Waals surface area contributed by atoms with E-state index in [4.69, 9.17) is 10.7 Å². The number of aryl methyl sites for hydroxylation is 2. The first-order valence-electron chi connectivity index (χ1n) is 6.99. The van der Waals surface area contributed by atoms with Crippen LogP contribution in [0.5, 0.6) is 0 Å². The molecular formula is C14H24N4. The topological polar surface area (TPSA) is 55.0 Å². The average molecular weight is 248 g/mol. The summed E-state index contributed by atoms with van der Waals surface area (Å²) in [7, 11) is 0. The average Bonchev–Trinajstić information content (AvgIpc) is 2.39. The second kappa shape index (κ2) is 6.25. The molecule has 0 bridgehead atoms. The van der Waals surface area contributed by atoms with E-state index in [1.807, 2.05) is 0 Å². The quantitative estimate of drug-likeness (QED) is 0.877. The Morgan fingerprint density at radius 1 is 1.33 bits per heavy atom. The Balaban J connectivity index is 2.02. The maximum Gasteiger partial charge on any atom is 0.132 e. The van der Waals surface area contributed by atoms with E-state index in [-0.39, 0.29) is 0 Å². The Kier molecular flexibility index (Phi) is 4.66. The number of aromatic nitrogens is 2. The lowest BCUT2D eigenvalue weighted by atomic mass is 9.95. The monoisotopic (exact) mass is 248 g/mol. The van der Waals surface area contributed by atoms with Crippen LogP contribution in [0, 0.1) is 6.92 Å². The third-order valence-electron chi connectivity index (χ3n) is 3.68. The highest BCUT2D eigenvalue weighted by atomic mass is 15.1. The van der Waals surface area contributed by atoms with E-state index in [0.717, 1.165) is 57.0 Å². The molecule has 2 heterocycles. The Morgan fingerprint density at radius 3 is 2.67 bits per heavy atom. The zero-order chi connectivity index (χ0) is 13.0. The molecule has 1 fully saturated rings. The van der Waals surface area contributed by atoms with Crippen LogP contribution in [0.4, 0.5) is 0 Å². The van der Waals surface area contributed by atoms with Crippen LogP contribution in [0.25, 0.3) is 0 Å². The normalized spacial score (nSPS) is 18.2. The lowest BCUT2D eigenvalue weighted by Crippen LogP contribution is -2.36. The first kappa shape index (κ1) is 13.4. The molecule has 1 saturated heterocycles. The summed E-state index contributed by atoms with van der Waals surface area (Å²) in [5, 5.41) is 0. The van der Waals surface area contributed by atoms with Crippen LogP contribution in [0.1, 0.15) is 42.9 Å². The van der Waals surface area contributed by atoms with Crippen molar-refractivity contribution >= 4 is 0 Å².